The number of hydrogen-bond acceptors (Lipinski definition) is 2. The molecule has 3 N–H and O–H groups in total. The van der Waals surface area contributed by atoms with Gasteiger partial charge in [0.2, 0.25) is 0 Å². The zero-order valence-corrected chi connectivity index (χ0v) is 11.7. The second kappa shape index (κ2) is 5.92. The van der Waals surface area contributed by atoms with Gasteiger partial charge >= 0.3 is 0 Å². The highest BCUT2D eigenvalue weighted by Gasteiger charge is 2.06. The van der Waals surface area contributed by atoms with Crippen molar-refractivity contribution in [3.63, 3.8) is 0 Å². The predicted molar refractivity (Wildman–Crippen MR) is 77.9 cm³/mol. The smallest absolute Gasteiger partial charge is 0.124 e. The maximum Gasteiger partial charge on any atom is 0.124 e. The molecule has 0 radical (unpaired) electrons. The van der Waals surface area contributed by atoms with Gasteiger partial charge in [-0.05, 0) is 30.7 Å². The number of nitrogen functional groups attached to an aromatic ring is 1. The molecule has 5 heteroatoms. The Labute approximate surface area is 121 Å². The van der Waals surface area contributed by atoms with Crippen molar-refractivity contribution >= 4 is 17.4 Å². The number of benzene rings is 2. The average molecular weight is 293 g/mol. The van der Waals surface area contributed by atoms with Crippen molar-refractivity contribution in [2.45, 2.75) is 13.5 Å². The van der Waals surface area contributed by atoms with E-state index in [-0.39, 0.29) is 18.3 Å². The highest BCUT2D eigenvalue weighted by Crippen LogP contribution is 2.23. The van der Waals surface area contributed by atoms with Crippen LogP contribution in [0.2, 0.25) is 5.02 Å². The molecule has 104 valence electrons. The van der Waals surface area contributed by atoms with Crippen LogP contribution in [0.4, 0.5) is 4.39 Å². The topological polar surface area (TPSA) is 59.1 Å². The first-order valence-electron chi connectivity index (χ1n) is 5.99. The second-order valence-electron chi connectivity index (χ2n) is 4.42. The van der Waals surface area contributed by atoms with Crippen molar-refractivity contribution in [1.82, 2.24) is 0 Å². The first-order valence-corrected chi connectivity index (χ1v) is 6.37. The van der Waals surface area contributed by atoms with Crippen molar-refractivity contribution < 1.29 is 9.13 Å². The van der Waals surface area contributed by atoms with E-state index in [9.17, 15) is 4.39 Å². The van der Waals surface area contributed by atoms with Crippen LogP contribution >= 0.6 is 11.6 Å². The number of rotatable bonds is 4. The Morgan fingerprint density at radius 3 is 2.70 bits per heavy atom. The number of nitrogens with one attached hydrogen (secondary N) is 1. The maximum absolute atomic E-state index is 13.0. The zero-order valence-electron chi connectivity index (χ0n) is 10.9. The summed E-state index contributed by atoms with van der Waals surface area (Å²) < 4.78 is 18.6. The number of nitrogens with two attached hydrogens (primary N) is 1. The summed E-state index contributed by atoms with van der Waals surface area (Å²) in [7, 11) is 0. The summed E-state index contributed by atoms with van der Waals surface area (Å²) >= 11 is 5.94. The molecule has 2 aromatic rings. The third-order valence-corrected chi connectivity index (χ3v) is 3.25. The van der Waals surface area contributed by atoms with E-state index in [2.05, 4.69) is 0 Å². The van der Waals surface area contributed by atoms with Crippen LogP contribution < -0.4 is 10.5 Å². The Kier molecular flexibility index (Phi) is 4.25. The molecule has 3 nitrogen and oxygen atoms in total. The third-order valence-electron chi connectivity index (χ3n) is 2.90. The molecule has 0 aliphatic carbocycles. The van der Waals surface area contributed by atoms with E-state index in [0.29, 0.717) is 21.9 Å². The summed E-state index contributed by atoms with van der Waals surface area (Å²) in [6, 6.07) is 9.47. The van der Waals surface area contributed by atoms with Crippen LogP contribution in [0, 0.1) is 18.2 Å². The molecule has 0 atom stereocenters. The Hall–Kier alpha value is -2.07. The van der Waals surface area contributed by atoms with Crippen LogP contribution in [0.15, 0.2) is 36.4 Å². The van der Waals surface area contributed by atoms with Crippen molar-refractivity contribution in [1.29, 1.82) is 5.41 Å². The van der Waals surface area contributed by atoms with E-state index in [4.69, 9.17) is 27.5 Å². The standard InChI is InChI=1S/C15H14ClFN2O/c1-9-2-3-10(15(18)19)6-14(9)20-8-11-4-5-12(17)7-13(11)16/h2-7H,8H2,1H3,(H3,18,19). The van der Waals surface area contributed by atoms with Gasteiger partial charge in [-0.25, -0.2) is 4.39 Å². The van der Waals surface area contributed by atoms with Crippen LogP contribution in [-0.4, -0.2) is 5.84 Å². The van der Waals surface area contributed by atoms with Gasteiger partial charge in [0.05, 0.1) is 5.02 Å². The lowest BCUT2D eigenvalue weighted by Crippen LogP contribution is -2.11. The van der Waals surface area contributed by atoms with Gasteiger partial charge in [-0.3, -0.25) is 5.41 Å². The molecule has 0 aliphatic heterocycles. The average Bonchev–Trinajstić information content (AvgIpc) is 2.39. The molecule has 0 heterocycles. The fourth-order valence-electron chi connectivity index (χ4n) is 1.72. The Morgan fingerprint density at radius 2 is 2.05 bits per heavy atom. The number of ether oxygens (including phenoxy) is 1. The van der Waals surface area contributed by atoms with Gasteiger partial charge in [0.15, 0.2) is 0 Å². The fraction of sp³-hybridized carbons (Fsp3) is 0.133. The Morgan fingerprint density at radius 1 is 1.30 bits per heavy atom. The molecular formula is C15H14ClFN2O. The van der Waals surface area contributed by atoms with Crippen LogP contribution in [-0.2, 0) is 6.61 Å². The van der Waals surface area contributed by atoms with E-state index < -0.39 is 0 Å². The zero-order chi connectivity index (χ0) is 14.7. The van der Waals surface area contributed by atoms with Crippen molar-refractivity contribution in [3.05, 3.63) is 63.9 Å². The maximum atomic E-state index is 13.0. The summed E-state index contributed by atoms with van der Waals surface area (Å²) in [5, 5.41) is 7.74. The van der Waals surface area contributed by atoms with Crippen molar-refractivity contribution in [2.24, 2.45) is 5.73 Å². The summed E-state index contributed by atoms with van der Waals surface area (Å²) in [6.07, 6.45) is 0. The van der Waals surface area contributed by atoms with Crippen LogP contribution in [0.3, 0.4) is 0 Å². The fourth-order valence-corrected chi connectivity index (χ4v) is 1.94. The van der Waals surface area contributed by atoms with Gasteiger partial charge in [-0.2, -0.15) is 0 Å². The predicted octanol–water partition coefficient (Wildman–Crippen LogP) is 3.65. The minimum absolute atomic E-state index is 0.0188. The summed E-state index contributed by atoms with van der Waals surface area (Å²) in [6.45, 7) is 2.12. The van der Waals surface area contributed by atoms with E-state index in [1.807, 2.05) is 13.0 Å². The highest BCUT2D eigenvalue weighted by atomic mass is 35.5. The molecule has 0 unspecified atom stereocenters. The first kappa shape index (κ1) is 14.3. The number of halogens is 2. The molecule has 0 bridgehead atoms. The first-order chi connectivity index (χ1) is 9.47. The molecule has 0 fully saturated rings. The molecule has 2 rings (SSSR count). The minimum atomic E-state index is -0.381. The highest BCUT2D eigenvalue weighted by molar-refractivity contribution is 6.31. The van der Waals surface area contributed by atoms with Gasteiger partial charge in [-0.15, -0.1) is 0 Å². The van der Waals surface area contributed by atoms with Gasteiger partial charge in [-0.1, -0.05) is 29.8 Å². The van der Waals surface area contributed by atoms with Crippen molar-refractivity contribution in [2.75, 3.05) is 0 Å². The monoisotopic (exact) mass is 292 g/mol. The van der Waals surface area contributed by atoms with E-state index in [0.717, 1.165) is 5.56 Å². The molecule has 0 aromatic heterocycles. The van der Waals surface area contributed by atoms with Crippen LogP contribution in [0.25, 0.3) is 0 Å². The molecule has 20 heavy (non-hydrogen) atoms. The summed E-state index contributed by atoms with van der Waals surface area (Å²) in [5.74, 6) is 0.223. The number of amidine groups is 1. The number of hydrogen-bond donors (Lipinski definition) is 2. The number of aryl methyl sites for hydroxylation is 1. The molecule has 0 aliphatic rings. The Balaban J connectivity index is 2.18. The lowest BCUT2D eigenvalue weighted by Gasteiger charge is -2.11. The molecule has 0 saturated carbocycles. The van der Waals surface area contributed by atoms with E-state index >= 15 is 0 Å². The largest absolute Gasteiger partial charge is 0.489 e. The van der Waals surface area contributed by atoms with Crippen LogP contribution in [0.1, 0.15) is 16.7 Å². The normalized spacial score (nSPS) is 10.3. The summed E-state index contributed by atoms with van der Waals surface area (Å²) in [5.41, 5.74) is 7.66. The van der Waals surface area contributed by atoms with Crippen molar-refractivity contribution in [3.8, 4) is 5.75 Å². The Bertz CT molecular complexity index is 658. The second-order valence-corrected chi connectivity index (χ2v) is 4.83. The molecule has 0 saturated heterocycles. The molecular weight excluding hydrogens is 279 g/mol. The lowest BCUT2D eigenvalue weighted by atomic mass is 10.1. The molecule has 0 spiro atoms. The van der Waals surface area contributed by atoms with Gasteiger partial charge in [0.1, 0.15) is 24.0 Å². The summed E-state index contributed by atoms with van der Waals surface area (Å²) in [4.78, 5) is 0. The van der Waals surface area contributed by atoms with E-state index in [1.165, 1.54) is 12.1 Å². The SMILES string of the molecule is Cc1ccc(C(=N)N)cc1OCc1ccc(F)cc1Cl. The van der Waals surface area contributed by atoms with Gasteiger partial charge in [0, 0.05) is 11.1 Å². The van der Waals surface area contributed by atoms with Gasteiger partial charge in [0.25, 0.3) is 0 Å². The quantitative estimate of drug-likeness (QED) is 0.667. The third kappa shape index (κ3) is 3.27. The lowest BCUT2D eigenvalue weighted by molar-refractivity contribution is 0.304. The molecule has 2 aromatic carbocycles. The van der Waals surface area contributed by atoms with Crippen LogP contribution in [0.5, 0.6) is 5.75 Å². The minimum Gasteiger partial charge on any atom is -0.489 e. The van der Waals surface area contributed by atoms with E-state index in [1.54, 1.807) is 18.2 Å². The van der Waals surface area contributed by atoms with Gasteiger partial charge < -0.3 is 10.5 Å². The molecule has 0 amide bonds.